The summed E-state index contributed by atoms with van der Waals surface area (Å²) in [6.45, 7) is 2.47. The number of halogens is 4. The van der Waals surface area contributed by atoms with Crippen LogP contribution in [0.4, 0.5) is 17.6 Å². The molecule has 37 heavy (non-hydrogen) atoms. The number of carbonyl (C=O) groups is 1. The summed E-state index contributed by atoms with van der Waals surface area (Å²) in [7, 11) is 0. The Bertz CT molecular complexity index is 1390. The molecular formula is C26H23F4N3O3S. The Hall–Kier alpha value is -3.57. The minimum absolute atomic E-state index is 0.0285. The van der Waals surface area contributed by atoms with E-state index < -0.39 is 35.7 Å². The lowest BCUT2D eigenvalue weighted by molar-refractivity contribution is -0.265. The number of alkyl halides is 3. The summed E-state index contributed by atoms with van der Waals surface area (Å²) in [6.07, 6.45) is -3.37. The highest BCUT2D eigenvalue weighted by molar-refractivity contribution is 7.20. The van der Waals surface area contributed by atoms with Gasteiger partial charge in [0.25, 0.3) is 5.91 Å². The molecule has 1 aromatic carbocycles. The second-order valence-corrected chi connectivity index (χ2v) is 9.26. The first-order valence-corrected chi connectivity index (χ1v) is 12.2. The van der Waals surface area contributed by atoms with Crippen LogP contribution in [-0.4, -0.2) is 40.3 Å². The van der Waals surface area contributed by atoms with Crippen molar-refractivity contribution in [1.29, 1.82) is 0 Å². The summed E-state index contributed by atoms with van der Waals surface area (Å²) in [4.78, 5) is 21.1. The van der Waals surface area contributed by atoms with Gasteiger partial charge >= 0.3 is 6.18 Å². The van der Waals surface area contributed by atoms with Crippen LogP contribution in [0.3, 0.4) is 0 Å². The molecule has 3 aromatic heterocycles. The molecule has 194 valence electrons. The third-order valence-corrected chi connectivity index (χ3v) is 6.83. The van der Waals surface area contributed by atoms with Crippen LogP contribution in [0, 0.1) is 5.82 Å². The third kappa shape index (κ3) is 5.28. The number of nitrogens with one attached hydrogen (secondary N) is 1. The van der Waals surface area contributed by atoms with Gasteiger partial charge in [-0.1, -0.05) is 6.92 Å². The van der Waals surface area contributed by atoms with Crippen molar-refractivity contribution >= 4 is 27.5 Å². The fourth-order valence-corrected chi connectivity index (χ4v) is 4.72. The first-order valence-electron chi connectivity index (χ1n) is 11.4. The first-order chi connectivity index (χ1) is 17.6. The van der Waals surface area contributed by atoms with Gasteiger partial charge in [0.05, 0.1) is 33.9 Å². The third-order valence-electron chi connectivity index (χ3n) is 5.75. The molecule has 1 atom stereocenters. The van der Waals surface area contributed by atoms with E-state index in [1.165, 1.54) is 18.2 Å². The van der Waals surface area contributed by atoms with Crippen molar-refractivity contribution in [1.82, 2.24) is 15.3 Å². The van der Waals surface area contributed by atoms with Gasteiger partial charge in [-0.3, -0.25) is 9.78 Å². The molecule has 0 radical (unpaired) electrons. The number of ether oxygens (including phenoxy) is 1. The van der Waals surface area contributed by atoms with Crippen molar-refractivity contribution in [3.05, 3.63) is 76.7 Å². The highest BCUT2D eigenvalue weighted by Crippen LogP contribution is 2.42. The summed E-state index contributed by atoms with van der Waals surface area (Å²) in [5, 5.41) is 13.2. The Morgan fingerprint density at radius 3 is 2.49 bits per heavy atom. The summed E-state index contributed by atoms with van der Waals surface area (Å²) in [5.41, 5.74) is -2.98. The normalized spacial score (nSPS) is 13.4. The van der Waals surface area contributed by atoms with Crippen molar-refractivity contribution in [2.75, 3.05) is 13.2 Å². The molecule has 4 aromatic rings. The topological polar surface area (TPSA) is 84.3 Å². The molecule has 0 aliphatic carbocycles. The van der Waals surface area contributed by atoms with E-state index >= 15 is 0 Å². The van der Waals surface area contributed by atoms with Gasteiger partial charge in [0.1, 0.15) is 17.3 Å². The fourth-order valence-electron chi connectivity index (χ4n) is 3.78. The number of nitrogens with zero attached hydrogens (tertiary/aromatic N) is 2. The number of fused-ring (bicyclic) bond motifs is 1. The van der Waals surface area contributed by atoms with Gasteiger partial charge in [-0.05, 0) is 67.4 Å². The molecule has 3 heterocycles. The van der Waals surface area contributed by atoms with Gasteiger partial charge < -0.3 is 15.2 Å². The zero-order chi connectivity index (χ0) is 26.8. The van der Waals surface area contributed by atoms with Crippen LogP contribution in [0.2, 0.25) is 0 Å². The zero-order valence-electron chi connectivity index (χ0n) is 19.9. The van der Waals surface area contributed by atoms with Crippen LogP contribution in [0.5, 0.6) is 5.75 Å². The number of hydrogen-bond acceptors (Lipinski definition) is 6. The Morgan fingerprint density at radius 1 is 1.14 bits per heavy atom. The van der Waals surface area contributed by atoms with Crippen LogP contribution in [0.15, 0.2) is 54.7 Å². The molecule has 0 spiro atoms. The number of aromatic nitrogens is 2. The average molecular weight is 534 g/mol. The van der Waals surface area contributed by atoms with E-state index in [-0.39, 0.29) is 29.3 Å². The second-order valence-electron chi connectivity index (χ2n) is 8.18. The van der Waals surface area contributed by atoms with Gasteiger partial charge in [0, 0.05) is 11.8 Å². The van der Waals surface area contributed by atoms with E-state index in [4.69, 9.17) is 4.74 Å². The number of aliphatic hydroxyl groups is 1. The van der Waals surface area contributed by atoms with Crippen LogP contribution in [-0.2, 0) is 12.0 Å². The van der Waals surface area contributed by atoms with Crippen molar-refractivity contribution < 1.29 is 32.2 Å². The highest BCUT2D eigenvalue weighted by Gasteiger charge is 2.56. The molecule has 0 fully saturated rings. The molecule has 0 unspecified atom stereocenters. The van der Waals surface area contributed by atoms with E-state index in [0.717, 1.165) is 29.5 Å². The predicted octanol–water partition coefficient (Wildman–Crippen LogP) is 5.64. The molecule has 0 saturated carbocycles. The van der Waals surface area contributed by atoms with Crippen molar-refractivity contribution in [2.24, 2.45) is 0 Å². The number of thiophene rings is 1. The standard InChI is InChI=1S/C26H23F4N3O3S/c1-3-15-12-21(33-22(23(15)36-4-2)16-7-9-17(27)10-8-16)25(35,26(28,29)30)14-32-24(34)20-13-18-19(37-20)6-5-11-31-18/h5-13,35H,3-4,14H2,1-2H3,(H,32,34)/t25-/m0/s1. The number of rotatable bonds is 8. The van der Waals surface area contributed by atoms with Gasteiger partial charge in [-0.25, -0.2) is 9.37 Å². The van der Waals surface area contributed by atoms with Crippen LogP contribution >= 0.6 is 11.3 Å². The predicted molar refractivity (Wildman–Crippen MR) is 132 cm³/mol. The van der Waals surface area contributed by atoms with Crippen molar-refractivity contribution in [3.8, 4) is 17.0 Å². The van der Waals surface area contributed by atoms with E-state index in [2.05, 4.69) is 15.3 Å². The van der Waals surface area contributed by atoms with Gasteiger partial charge in [-0.2, -0.15) is 13.2 Å². The molecule has 6 nitrogen and oxygen atoms in total. The molecule has 1 amide bonds. The molecule has 0 aliphatic rings. The number of carbonyl (C=O) groups excluding carboxylic acids is 1. The number of benzene rings is 1. The lowest BCUT2D eigenvalue weighted by Crippen LogP contribution is -2.51. The van der Waals surface area contributed by atoms with Gasteiger partial charge in [0.15, 0.2) is 0 Å². The van der Waals surface area contributed by atoms with E-state index in [1.54, 1.807) is 32.2 Å². The van der Waals surface area contributed by atoms with Gasteiger partial charge in [-0.15, -0.1) is 11.3 Å². The van der Waals surface area contributed by atoms with Crippen molar-refractivity contribution in [2.45, 2.75) is 32.0 Å². The largest absolute Gasteiger partial charge is 0.491 e. The molecule has 2 N–H and O–H groups in total. The summed E-state index contributed by atoms with van der Waals surface area (Å²) < 4.78 is 63.0. The summed E-state index contributed by atoms with van der Waals surface area (Å²) in [6, 6.07) is 11.1. The Balaban J connectivity index is 1.75. The monoisotopic (exact) mass is 533 g/mol. The molecule has 0 aliphatic heterocycles. The maximum absolute atomic E-state index is 14.4. The molecular weight excluding hydrogens is 510 g/mol. The van der Waals surface area contributed by atoms with E-state index in [0.29, 0.717) is 21.3 Å². The summed E-state index contributed by atoms with van der Waals surface area (Å²) >= 11 is 1.07. The van der Waals surface area contributed by atoms with Crippen LogP contribution in [0.1, 0.15) is 34.8 Å². The zero-order valence-corrected chi connectivity index (χ0v) is 20.7. The van der Waals surface area contributed by atoms with E-state index in [9.17, 15) is 27.5 Å². The summed E-state index contributed by atoms with van der Waals surface area (Å²) in [5.74, 6) is -1.07. The van der Waals surface area contributed by atoms with Crippen LogP contribution < -0.4 is 10.1 Å². The first kappa shape index (κ1) is 26.5. The molecule has 11 heteroatoms. The average Bonchev–Trinajstić information content (AvgIpc) is 3.31. The highest BCUT2D eigenvalue weighted by atomic mass is 32.1. The number of aryl methyl sites for hydroxylation is 1. The molecule has 4 rings (SSSR count). The Kier molecular flexibility index (Phi) is 7.47. The van der Waals surface area contributed by atoms with Gasteiger partial charge in [0.2, 0.25) is 5.60 Å². The minimum atomic E-state index is -5.19. The number of hydrogen-bond donors (Lipinski definition) is 2. The maximum atomic E-state index is 14.4. The molecule has 0 saturated heterocycles. The quantitative estimate of drug-likeness (QED) is 0.287. The van der Waals surface area contributed by atoms with Crippen LogP contribution in [0.25, 0.3) is 21.5 Å². The lowest BCUT2D eigenvalue weighted by Gasteiger charge is -2.31. The van der Waals surface area contributed by atoms with E-state index in [1.807, 2.05) is 0 Å². The number of amides is 1. The smallest absolute Gasteiger partial charge is 0.424 e. The Morgan fingerprint density at radius 2 is 1.86 bits per heavy atom. The molecule has 0 bridgehead atoms. The minimum Gasteiger partial charge on any atom is -0.491 e. The van der Waals surface area contributed by atoms with Crippen molar-refractivity contribution in [3.63, 3.8) is 0 Å². The SMILES string of the molecule is CCOc1c(CC)cc([C@@](O)(CNC(=O)c2cc3ncccc3s2)C(F)(F)F)nc1-c1ccc(F)cc1. The second kappa shape index (κ2) is 10.4. The lowest BCUT2D eigenvalue weighted by atomic mass is 9.94. The number of pyridine rings is 2. The maximum Gasteiger partial charge on any atom is 0.424 e. The fraction of sp³-hybridized carbons (Fsp3) is 0.269. The Labute approximate surface area is 214 Å².